The second-order valence-electron chi connectivity index (χ2n) is 3.60. The number of nitrogens with one attached hydrogen (secondary N) is 2. The molecule has 0 aliphatic heterocycles. The number of anilines is 1. The molecule has 2 N–H and O–H groups in total. The van der Waals surface area contributed by atoms with Crippen molar-refractivity contribution >= 4 is 43.2 Å². The number of H-pyrrole nitrogens is 1. The van der Waals surface area contributed by atoms with Gasteiger partial charge in [-0.25, -0.2) is 8.42 Å². The molecule has 0 radical (unpaired) electrons. The van der Waals surface area contributed by atoms with E-state index in [1.807, 2.05) is 0 Å². The van der Waals surface area contributed by atoms with Gasteiger partial charge in [0.25, 0.3) is 10.0 Å². The van der Waals surface area contributed by atoms with Gasteiger partial charge in [0.1, 0.15) is 0 Å². The third-order valence-electron chi connectivity index (χ3n) is 2.25. The van der Waals surface area contributed by atoms with Crippen LogP contribution < -0.4 is 10.2 Å². The Labute approximate surface area is 122 Å². The fraction of sp³-hybridized carbons (Fsp3) is 0. The summed E-state index contributed by atoms with van der Waals surface area (Å²) in [5.41, 5.74) is -0.333. The normalized spacial score (nSPS) is 11.3. The van der Waals surface area contributed by atoms with E-state index in [0.717, 1.165) is 12.3 Å². The smallest absolute Gasteiger partial charge is 0.267 e. The van der Waals surface area contributed by atoms with E-state index in [0.29, 0.717) is 9.50 Å². The highest BCUT2D eigenvalue weighted by molar-refractivity contribution is 9.10. The quantitative estimate of drug-likeness (QED) is 0.880. The molecule has 0 saturated carbocycles. The maximum atomic E-state index is 12.1. The third-order valence-corrected chi connectivity index (χ3v) is 4.56. The lowest BCUT2D eigenvalue weighted by molar-refractivity contribution is 0.600. The van der Waals surface area contributed by atoms with Crippen LogP contribution >= 0.6 is 27.5 Å². The number of hydrogen-bond donors (Lipinski definition) is 2. The van der Waals surface area contributed by atoms with E-state index in [-0.39, 0.29) is 10.6 Å². The lowest BCUT2D eigenvalue weighted by Gasteiger charge is -2.09. The summed E-state index contributed by atoms with van der Waals surface area (Å²) in [6, 6.07) is 5.80. The molecule has 19 heavy (non-hydrogen) atoms. The SMILES string of the molecule is O=c1cc[nH]cc1S(=O)(=O)Nc1cc(Cl)ccc1Br. The summed E-state index contributed by atoms with van der Waals surface area (Å²) >= 11 is 9.00. The highest BCUT2D eigenvalue weighted by Crippen LogP contribution is 2.27. The van der Waals surface area contributed by atoms with Crippen molar-refractivity contribution in [1.29, 1.82) is 0 Å². The summed E-state index contributed by atoms with van der Waals surface area (Å²) in [7, 11) is -3.97. The van der Waals surface area contributed by atoms with Gasteiger partial charge in [-0.1, -0.05) is 11.6 Å². The number of benzene rings is 1. The first-order valence-electron chi connectivity index (χ1n) is 5.05. The second kappa shape index (κ2) is 5.36. The molecule has 1 aromatic heterocycles. The third kappa shape index (κ3) is 3.17. The minimum atomic E-state index is -3.97. The summed E-state index contributed by atoms with van der Waals surface area (Å²) in [4.78, 5) is 13.7. The monoisotopic (exact) mass is 362 g/mol. The Morgan fingerprint density at radius 1 is 1.26 bits per heavy atom. The summed E-state index contributed by atoms with van der Waals surface area (Å²) in [5.74, 6) is 0. The minimum absolute atomic E-state index is 0.260. The van der Waals surface area contributed by atoms with Crippen LogP contribution in [0.3, 0.4) is 0 Å². The Balaban J connectivity index is 2.45. The van der Waals surface area contributed by atoms with Crippen LogP contribution in [0.1, 0.15) is 0 Å². The molecule has 100 valence electrons. The zero-order chi connectivity index (χ0) is 14.0. The highest BCUT2D eigenvalue weighted by atomic mass is 79.9. The van der Waals surface area contributed by atoms with E-state index in [4.69, 9.17) is 11.6 Å². The highest BCUT2D eigenvalue weighted by Gasteiger charge is 2.18. The number of rotatable bonds is 3. The van der Waals surface area contributed by atoms with Gasteiger partial charge in [-0.3, -0.25) is 9.52 Å². The maximum absolute atomic E-state index is 12.1. The number of aromatic nitrogens is 1. The molecule has 2 rings (SSSR count). The van der Waals surface area contributed by atoms with Crippen molar-refractivity contribution in [1.82, 2.24) is 4.98 Å². The zero-order valence-electron chi connectivity index (χ0n) is 9.35. The van der Waals surface area contributed by atoms with E-state index in [1.165, 1.54) is 12.3 Å². The predicted octanol–water partition coefficient (Wildman–Crippen LogP) is 2.59. The van der Waals surface area contributed by atoms with Gasteiger partial charge in [-0.15, -0.1) is 0 Å². The molecule has 5 nitrogen and oxygen atoms in total. The van der Waals surface area contributed by atoms with Gasteiger partial charge in [-0.2, -0.15) is 0 Å². The lowest BCUT2D eigenvalue weighted by atomic mass is 10.3. The standard InChI is InChI=1S/C11H8BrClN2O3S/c12-8-2-1-7(13)5-9(8)15-19(17,18)11-6-14-4-3-10(11)16/h1-6,15H,(H,14,16). The molecule has 2 aromatic rings. The first kappa shape index (κ1) is 14.1. The van der Waals surface area contributed by atoms with Gasteiger partial charge in [0.05, 0.1) is 5.69 Å². The fourth-order valence-corrected chi connectivity index (χ4v) is 3.16. The predicted molar refractivity (Wildman–Crippen MR) is 77.0 cm³/mol. The Hall–Kier alpha value is -1.31. The van der Waals surface area contributed by atoms with Gasteiger partial charge in [0.2, 0.25) is 5.43 Å². The first-order chi connectivity index (χ1) is 8.90. The van der Waals surface area contributed by atoms with Crippen LogP contribution in [0.2, 0.25) is 5.02 Å². The van der Waals surface area contributed by atoms with E-state index in [2.05, 4.69) is 25.6 Å². The number of halogens is 2. The number of sulfonamides is 1. The van der Waals surface area contributed by atoms with Crippen molar-refractivity contribution in [2.45, 2.75) is 4.90 Å². The Morgan fingerprint density at radius 2 is 2.00 bits per heavy atom. The van der Waals surface area contributed by atoms with Gasteiger partial charge in [-0.05, 0) is 34.1 Å². The van der Waals surface area contributed by atoms with E-state index in [1.54, 1.807) is 12.1 Å². The Morgan fingerprint density at radius 3 is 2.68 bits per heavy atom. The van der Waals surface area contributed by atoms with Gasteiger partial charge < -0.3 is 4.98 Å². The zero-order valence-corrected chi connectivity index (χ0v) is 12.5. The molecule has 0 unspecified atom stereocenters. The molecule has 0 aliphatic carbocycles. The maximum Gasteiger partial charge on any atom is 0.267 e. The molecule has 1 heterocycles. The molecule has 0 aliphatic rings. The van der Waals surface area contributed by atoms with Gasteiger partial charge in [0, 0.05) is 28.0 Å². The molecule has 8 heteroatoms. The molecule has 0 fully saturated rings. The van der Waals surface area contributed by atoms with Crippen molar-refractivity contribution < 1.29 is 8.42 Å². The van der Waals surface area contributed by atoms with E-state index < -0.39 is 15.5 Å². The minimum Gasteiger partial charge on any atom is -0.366 e. The van der Waals surface area contributed by atoms with Crippen molar-refractivity contribution in [3.8, 4) is 0 Å². The second-order valence-corrected chi connectivity index (χ2v) is 6.54. The summed E-state index contributed by atoms with van der Waals surface area (Å²) in [5, 5.41) is 0.378. The Kier molecular flexibility index (Phi) is 3.98. The summed E-state index contributed by atoms with van der Waals surface area (Å²) in [6.07, 6.45) is 2.49. The van der Waals surface area contributed by atoms with Gasteiger partial charge >= 0.3 is 0 Å². The molecule has 1 aromatic carbocycles. The largest absolute Gasteiger partial charge is 0.366 e. The number of aromatic amines is 1. The van der Waals surface area contributed by atoms with Crippen LogP contribution in [-0.2, 0) is 10.0 Å². The van der Waals surface area contributed by atoms with E-state index >= 15 is 0 Å². The number of pyridine rings is 1. The van der Waals surface area contributed by atoms with Crippen molar-refractivity contribution in [3.63, 3.8) is 0 Å². The Bertz CT molecular complexity index is 774. The van der Waals surface area contributed by atoms with Crippen LogP contribution in [-0.4, -0.2) is 13.4 Å². The molecule has 0 spiro atoms. The van der Waals surface area contributed by atoms with E-state index in [9.17, 15) is 13.2 Å². The van der Waals surface area contributed by atoms with Gasteiger partial charge in [0.15, 0.2) is 4.90 Å². The van der Waals surface area contributed by atoms with Crippen LogP contribution in [0.25, 0.3) is 0 Å². The molecular formula is C11H8BrClN2O3S. The van der Waals surface area contributed by atoms with Crippen LogP contribution in [0, 0.1) is 0 Å². The molecular weight excluding hydrogens is 356 g/mol. The topological polar surface area (TPSA) is 79.0 Å². The van der Waals surface area contributed by atoms with Crippen molar-refractivity contribution in [2.75, 3.05) is 4.72 Å². The molecule has 0 atom stereocenters. The molecule has 0 bridgehead atoms. The average Bonchev–Trinajstić information content (AvgIpc) is 2.34. The summed E-state index contributed by atoms with van der Waals surface area (Å²) in [6.45, 7) is 0. The van der Waals surface area contributed by atoms with Crippen molar-refractivity contribution in [3.05, 3.63) is 56.4 Å². The number of hydrogen-bond acceptors (Lipinski definition) is 3. The fourth-order valence-electron chi connectivity index (χ4n) is 1.39. The van der Waals surface area contributed by atoms with Crippen LogP contribution in [0.5, 0.6) is 0 Å². The average molecular weight is 364 g/mol. The molecule has 0 saturated heterocycles. The van der Waals surface area contributed by atoms with Crippen molar-refractivity contribution in [2.24, 2.45) is 0 Å². The lowest BCUT2D eigenvalue weighted by Crippen LogP contribution is -2.21. The summed E-state index contributed by atoms with van der Waals surface area (Å²) < 4.78 is 27.0. The van der Waals surface area contributed by atoms with Crippen LogP contribution in [0.15, 0.2) is 50.8 Å². The molecule has 0 amide bonds. The van der Waals surface area contributed by atoms with Crippen LogP contribution in [0.4, 0.5) is 5.69 Å². The first-order valence-corrected chi connectivity index (χ1v) is 7.70.